The molecule has 2 aromatic carbocycles. The number of hydrogen-bond acceptors (Lipinski definition) is 5. The van der Waals surface area contributed by atoms with Crippen LogP contribution in [0.5, 0.6) is 0 Å². The van der Waals surface area contributed by atoms with E-state index in [1.54, 1.807) is 42.6 Å². The van der Waals surface area contributed by atoms with Crippen molar-refractivity contribution in [3.63, 3.8) is 0 Å². The van der Waals surface area contributed by atoms with E-state index in [1.807, 2.05) is 6.07 Å². The number of nitrogens with two attached hydrogens (primary N) is 2. The minimum absolute atomic E-state index is 0.230. The fraction of sp³-hybridized carbons (Fsp3) is 0.0588. The summed E-state index contributed by atoms with van der Waals surface area (Å²) in [5.41, 5.74) is 14.8. The largest absolute Gasteiger partial charge is 0.444 e. The number of rotatable bonds is 4. The van der Waals surface area contributed by atoms with Gasteiger partial charge in [-0.05, 0) is 29.8 Å². The van der Waals surface area contributed by atoms with Gasteiger partial charge in [0.15, 0.2) is 12.2 Å². The van der Waals surface area contributed by atoms with Gasteiger partial charge in [0, 0.05) is 29.0 Å². The van der Waals surface area contributed by atoms with Gasteiger partial charge in [-0.15, -0.1) is 0 Å². The molecule has 6 heteroatoms. The van der Waals surface area contributed by atoms with Crippen LogP contribution in [0.1, 0.15) is 15.9 Å². The van der Waals surface area contributed by atoms with Crippen LogP contribution in [0.15, 0.2) is 59.5 Å². The van der Waals surface area contributed by atoms with Gasteiger partial charge < -0.3 is 21.2 Å². The summed E-state index contributed by atoms with van der Waals surface area (Å²) in [6, 6.07) is 12.4. The van der Waals surface area contributed by atoms with Gasteiger partial charge in [-0.25, -0.2) is 4.98 Å². The molecule has 1 aromatic heterocycles. The first-order valence-electron chi connectivity index (χ1n) is 7.06. The van der Waals surface area contributed by atoms with Gasteiger partial charge in [-0.3, -0.25) is 4.79 Å². The highest BCUT2D eigenvalue weighted by molar-refractivity contribution is 6.05. The molecule has 0 aliphatic rings. The molecule has 5 N–H and O–H groups in total. The molecule has 3 rings (SSSR count). The van der Waals surface area contributed by atoms with E-state index in [9.17, 15) is 4.79 Å². The number of carbonyl (C=O) groups is 1. The molecule has 0 bridgehead atoms. The molecule has 0 saturated carbocycles. The molecule has 0 atom stereocenters. The molecule has 0 radical (unpaired) electrons. The lowest BCUT2D eigenvalue weighted by molar-refractivity contribution is 0.102. The molecular weight excluding hydrogens is 292 g/mol. The first kappa shape index (κ1) is 14.8. The monoisotopic (exact) mass is 308 g/mol. The van der Waals surface area contributed by atoms with Crippen molar-refractivity contribution in [1.29, 1.82) is 0 Å². The molecule has 0 saturated heterocycles. The normalized spacial score (nSPS) is 10.5. The third-order valence-electron chi connectivity index (χ3n) is 3.47. The predicted molar refractivity (Wildman–Crippen MR) is 88.6 cm³/mol. The molecular formula is C17H16N4O2. The first-order chi connectivity index (χ1) is 11.2. The van der Waals surface area contributed by atoms with E-state index in [0.29, 0.717) is 29.2 Å². The average Bonchev–Trinajstić information content (AvgIpc) is 3.10. The molecule has 116 valence electrons. The first-order valence-corrected chi connectivity index (χ1v) is 7.06. The van der Waals surface area contributed by atoms with Crippen LogP contribution in [-0.4, -0.2) is 10.9 Å². The molecule has 3 aromatic rings. The zero-order valence-corrected chi connectivity index (χ0v) is 12.3. The Kier molecular flexibility index (Phi) is 4.07. The Hall–Kier alpha value is -3.12. The molecule has 0 fully saturated rings. The Morgan fingerprint density at radius 2 is 2.09 bits per heavy atom. The van der Waals surface area contributed by atoms with Crippen LogP contribution >= 0.6 is 0 Å². The summed E-state index contributed by atoms with van der Waals surface area (Å²) in [6.07, 6.45) is 2.95. The van der Waals surface area contributed by atoms with Crippen molar-refractivity contribution in [2.24, 2.45) is 5.73 Å². The van der Waals surface area contributed by atoms with Crippen LogP contribution in [0.4, 0.5) is 11.4 Å². The lowest BCUT2D eigenvalue weighted by Crippen LogP contribution is -2.12. The average molecular weight is 308 g/mol. The van der Waals surface area contributed by atoms with Crippen LogP contribution in [0.25, 0.3) is 11.3 Å². The van der Waals surface area contributed by atoms with Crippen LogP contribution < -0.4 is 16.8 Å². The number of amides is 1. The maximum Gasteiger partial charge on any atom is 0.255 e. The number of aromatic nitrogens is 1. The standard InChI is InChI=1S/C17H16N4O2/c18-8-13-4-5-14(7-15(13)19)21-17(22)12-3-1-2-11(6-12)16-9-20-10-23-16/h1-7,9-10H,8,18-19H2,(H,21,22). The van der Waals surface area contributed by atoms with Crippen molar-refractivity contribution >= 4 is 17.3 Å². The van der Waals surface area contributed by atoms with Gasteiger partial charge in [0.2, 0.25) is 0 Å². The maximum atomic E-state index is 12.4. The summed E-state index contributed by atoms with van der Waals surface area (Å²) in [6.45, 7) is 0.360. The highest BCUT2D eigenvalue weighted by Crippen LogP contribution is 2.21. The van der Waals surface area contributed by atoms with Gasteiger partial charge in [-0.2, -0.15) is 0 Å². The van der Waals surface area contributed by atoms with Crippen molar-refractivity contribution in [2.45, 2.75) is 6.54 Å². The number of benzene rings is 2. The number of carbonyl (C=O) groups excluding carboxylic acids is 1. The van der Waals surface area contributed by atoms with E-state index in [4.69, 9.17) is 15.9 Å². The summed E-state index contributed by atoms with van der Waals surface area (Å²) in [5.74, 6) is 0.377. The fourth-order valence-electron chi connectivity index (χ4n) is 2.23. The Bertz CT molecular complexity index is 828. The lowest BCUT2D eigenvalue weighted by atomic mass is 10.1. The van der Waals surface area contributed by atoms with E-state index in [-0.39, 0.29) is 5.91 Å². The van der Waals surface area contributed by atoms with Gasteiger partial charge in [-0.1, -0.05) is 18.2 Å². The molecule has 0 aliphatic heterocycles. The number of nitrogens with one attached hydrogen (secondary N) is 1. The number of oxazole rings is 1. The van der Waals surface area contributed by atoms with Gasteiger partial charge in [0.05, 0.1) is 6.20 Å². The summed E-state index contributed by atoms with van der Waals surface area (Å²) < 4.78 is 5.24. The van der Waals surface area contributed by atoms with Crippen LogP contribution in [0.2, 0.25) is 0 Å². The highest BCUT2D eigenvalue weighted by atomic mass is 16.3. The molecule has 6 nitrogen and oxygen atoms in total. The zero-order valence-electron chi connectivity index (χ0n) is 12.3. The molecule has 1 amide bonds. The number of nitrogens with zero attached hydrogens (tertiary/aromatic N) is 1. The van der Waals surface area contributed by atoms with Crippen LogP contribution in [-0.2, 0) is 6.54 Å². The highest BCUT2D eigenvalue weighted by Gasteiger charge is 2.10. The van der Waals surface area contributed by atoms with Crippen molar-refractivity contribution in [1.82, 2.24) is 4.98 Å². The second kappa shape index (κ2) is 6.33. The zero-order chi connectivity index (χ0) is 16.2. The van der Waals surface area contributed by atoms with Crippen molar-refractivity contribution in [3.8, 4) is 11.3 Å². The summed E-state index contributed by atoms with van der Waals surface area (Å²) in [5, 5.41) is 2.82. The predicted octanol–water partition coefficient (Wildman–Crippen LogP) is 2.63. The summed E-state index contributed by atoms with van der Waals surface area (Å²) in [7, 11) is 0. The van der Waals surface area contributed by atoms with Crippen LogP contribution in [0.3, 0.4) is 0 Å². The maximum absolute atomic E-state index is 12.4. The summed E-state index contributed by atoms with van der Waals surface area (Å²) in [4.78, 5) is 16.3. The number of nitrogen functional groups attached to an aromatic ring is 1. The van der Waals surface area contributed by atoms with Gasteiger partial charge in [0.25, 0.3) is 5.91 Å². The van der Waals surface area contributed by atoms with E-state index < -0.39 is 0 Å². The molecule has 0 spiro atoms. The minimum Gasteiger partial charge on any atom is -0.444 e. The quantitative estimate of drug-likeness (QED) is 0.642. The van der Waals surface area contributed by atoms with Crippen LogP contribution in [0, 0.1) is 0 Å². The SMILES string of the molecule is NCc1ccc(NC(=O)c2cccc(-c3cnco3)c2)cc1N. The third kappa shape index (κ3) is 3.22. The second-order valence-corrected chi connectivity index (χ2v) is 5.02. The van der Waals surface area contributed by atoms with Crippen molar-refractivity contribution in [2.75, 3.05) is 11.1 Å². The summed E-state index contributed by atoms with van der Waals surface area (Å²) >= 11 is 0. The van der Waals surface area contributed by atoms with Crippen molar-refractivity contribution in [3.05, 3.63) is 66.2 Å². The van der Waals surface area contributed by atoms with Gasteiger partial charge >= 0.3 is 0 Å². The fourth-order valence-corrected chi connectivity index (χ4v) is 2.23. The number of hydrogen-bond donors (Lipinski definition) is 3. The lowest BCUT2D eigenvalue weighted by Gasteiger charge is -2.09. The third-order valence-corrected chi connectivity index (χ3v) is 3.47. The van der Waals surface area contributed by atoms with E-state index in [0.717, 1.165) is 11.1 Å². The molecule has 23 heavy (non-hydrogen) atoms. The van der Waals surface area contributed by atoms with Gasteiger partial charge in [0.1, 0.15) is 0 Å². The second-order valence-electron chi connectivity index (χ2n) is 5.02. The minimum atomic E-state index is -0.230. The molecule has 0 unspecified atom stereocenters. The topological polar surface area (TPSA) is 107 Å². The Morgan fingerprint density at radius 3 is 2.78 bits per heavy atom. The Balaban J connectivity index is 1.81. The number of anilines is 2. The van der Waals surface area contributed by atoms with E-state index in [2.05, 4.69) is 10.3 Å². The Morgan fingerprint density at radius 1 is 1.22 bits per heavy atom. The van der Waals surface area contributed by atoms with E-state index in [1.165, 1.54) is 6.39 Å². The Labute approximate surface area is 133 Å². The molecule has 1 heterocycles. The molecule has 0 aliphatic carbocycles. The van der Waals surface area contributed by atoms with Crippen molar-refractivity contribution < 1.29 is 9.21 Å². The smallest absolute Gasteiger partial charge is 0.255 e. The van der Waals surface area contributed by atoms with E-state index >= 15 is 0 Å².